The smallest absolute Gasteiger partial charge is 0.122 e. The Labute approximate surface area is 103 Å². The second kappa shape index (κ2) is 6.03. The number of ether oxygens (including phenoxy) is 2. The summed E-state index contributed by atoms with van der Waals surface area (Å²) in [5, 5.41) is 3.47. The quantitative estimate of drug-likeness (QED) is 0.848. The largest absolute Gasteiger partial charge is 0.493 e. The molecule has 1 aromatic rings. The van der Waals surface area contributed by atoms with Crippen molar-refractivity contribution in [3.05, 3.63) is 29.8 Å². The van der Waals surface area contributed by atoms with Gasteiger partial charge in [0.25, 0.3) is 0 Å². The second-order valence-corrected chi connectivity index (χ2v) is 4.58. The van der Waals surface area contributed by atoms with Gasteiger partial charge < -0.3 is 14.8 Å². The first-order valence-corrected chi connectivity index (χ1v) is 6.26. The number of rotatable bonds is 5. The number of para-hydroxylation sites is 1. The first-order valence-electron chi connectivity index (χ1n) is 6.26. The van der Waals surface area contributed by atoms with Crippen LogP contribution in [0.25, 0.3) is 0 Å². The minimum Gasteiger partial charge on any atom is -0.493 e. The van der Waals surface area contributed by atoms with Crippen molar-refractivity contribution in [2.24, 2.45) is 0 Å². The number of hydrogen-bond acceptors (Lipinski definition) is 3. The lowest BCUT2D eigenvalue weighted by Gasteiger charge is -2.26. The van der Waals surface area contributed by atoms with Gasteiger partial charge in [-0.1, -0.05) is 18.2 Å². The van der Waals surface area contributed by atoms with E-state index in [9.17, 15) is 0 Å². The van der Waals surface area contributed by atoms with Crippen molar-refractivity contribution in [1.29, 1.82) is 0 Å². The van der Waals surface area contributed by atoms with Crippen LogP contribution in [0, 0.1) is 0 Å². The normalized spacial score (nSPS) is 20.5. The molecule has 0 saturated heterocycles. The highest BCUT2D eigenvalue weighted by atomic mass is 16.5. The molecule has 17 heavy (non-hydrogen) atoms. The Morgan fingerprint density at radius 1 is 1.47 bits per heavy atom. The van der Waals surface area contributed by atoms with Crippen LogP contribution in [0.4, 0.5) is 0 Å². The molecule has 94 valence electrons. The molecule has 1 aliphatic heterocycles. The maximum absolute atomic E-state index is 5.65. The van der Waals surface area contributed by atoms with E-state index in [0.717, 1.165) is 31.9 Å². The van der Waals surface area contributed by atoms with E-state index in [1.807, 2.05) is 6.07 Å². The molecule has 1 aliphatic rings. The van der Waals surface area contributed by atoms with Crippen LogP contribution in [0.1, 0.15) is 24.8 Å². The lowest BCUT2D eigenvalue weighted by molar-refractivity contribution is 0.116. The number of benzene rings is 1. The van der Waals surface area contributed by atoms with Crippen molar-refractivity contribution in [3.63, 3.8) is 0 Å². The Morgan fingerprint density at radius 3 is 3.12 bits per heavy atom. The van der Waals surface area contributed by atoms with Crippen LogP contribution in [0.15, 0.2) is 24.3 Å². The highest BCUT2D eigenvalue weighted by Gasteiger charge is 2.20. The molecule has 2 rings (SSSR count). The third-order valence-corrected chi connectivity index (χ3v) is 3.31. The lowest BCUT2D eigenvalue weighted by Crippen LogP contribution is -2.31. The van der Waals surface area contributed by atoms with Crippen LogP contribution in [0.2, 0.25) is 0 Å². The van der Waals surface area contributed by atoms with Gasteiger partial charge in [-0.25, -0.2) is 0 Å². The molecular formula is C14H21NO2. The SMILES string of the molecule is COC(C)CNCC1CCOc2ccccc21. The molecular weight excluding hydrogens is 214 g/mol. The minimum atomic E-state index is 0.269. The van der Waals surface area contributed by atoms with Crippen molar-refractivity contribution in [3.8, 4) is 5.75 Å². The van der Waals surface area contributed by atoms with Crippen LogP contribution in [-0.2, 0) is 4.74 Å². The van der Waals surface area contributed by atoms with Gasteiger partial charge in [-0.3, -0.25) is 0 Å². The molecule has 1 aromatic carbocycles. The Kier molecular flexibility index (Phi) is 4.40. The summed E-state index contributed by atoms with van der Waals surface area (Å²) in [7, 11) is 1.75. The van der Waals surface area contributed by atoms with Gasteiger partial charge in [0.05, 0.1) is 12.7 Å². The molecule has 0 aromatic heterocycles. The molecule has 0 fully saturated rings. The van der Waals surface area contributed by atoms with E-state index >= 15 is 0 Å². The Hall–Kier alpha value is -1.06. The van der Waals surface area contributed by atoms with Crippen molar-refractivity contribution < 1.29 is 9.47 Å². The van der Waals surface area contributed by atoms with Gasteiger partial charge in [0, 0.05) is 26.1 Å². The van der Waals surface area contributed by atoms with Crippen molar-refractivity contribution in [2.75, 3.05) is 26.8 Å². The zero-order valence-electron chi connectivity index (χ0n) is 10.6. The summed E-state index contributed by atoms with van der Waals surface area (Å²) in [6, 6.07) is 8.33. The van der Waals surface area contributed by atoms with Crippen LogP contribution in [-0.4, -0.2) is 32.9 Å². The molecule has 2 unspecified atom stereocenters. The van der Waals surface area contributed by atoms with E-state index in [0.29, 0.717) is 5.92 Å². The monoisotopic (exact) mass is 235 g/mol. The first kappa shape index (κ1) is 12.4. The summed E-state index contributed by atoms with van der Waals surface area (Å²) in [6.07, 6.45) is 1.36. The van der Waals surface area contributed by atoms with E-state index in [2.05, 4.69) is 30.4 Å². The average molecular weight is 235 g/mol. The van der Waals surface area contributed by atoms with Crippen molar-refractivity contribution >= 4 is 0 Å². The summed E-state index contributed by atoms with van der Waals surface area (Å²) in [6.45, 7) is 4.79. The predicted octanol–water partition coefficient (Wildman–Crippen LogP) is 2.18. The standard InChI is InChI=1S/C14H21NO2/c1-11(16-2)9-15-10-12-7-8-17-14-6-4-3-5-13(12)14/h3-6,11-12,15H,7-10H2,1-2H3. The molecule has 3 nitrogen and oxygen atoms in total. The first-order chi connectivity index (χ1) is 8.31. The molecule has 1 heterocycles. The summed E-state index contributed by atoms with van der Waals surface area (Å²) in [4.78, 5) is 0. The number of methoxy groups -OCH3 is 1. The van der Waals surface area contributed by atoms with Crippen LogP contribution in [0.3, 0.4) is 0 Å². The van der Waals surface area contributed by atoms with E-state index < -0.39 is 0 Å². The van der Waals surface area contributed by atoms with E-state index in [1.54, 1.807) is 7.11 Å². The number of hydrogen-bond donors (Lipinski definition) is 1. The topological polar surface area (TPSA) is 30.5 Å². The van der Waals surface area contributed by atoms with Gasteiger partial charge in [0.1, 0.15) is 5.75 Å². The lowest BCUT2D eigenvalue weighted by atomic mass is 9.93. The molecule has 0 amide bonds. The maximum atomic E-state index is 5.65. The van der Waals surface area contributed by atoms with Gasteiger partial charge in [0.2, 0.25) is 0 Å². The number of nitrogens with one attached hydrogen (secondary N) is 1. The predicted molar refractivity (Wildman–Crippen MR) is 68.6 cm³/mol. The molecule has 0 saturated carbocycles. The minimum absolute atomic E-state index is 0.269. The zero-order chi connectivity index (χ0) is 12.1. The highest BCUT2D eigenvalue weighted by molar-refractivity contribution is 5.37. The van der Waals surface area contributed by atoms with Gasteiger partial charge in [-0.2, -0.15) is 0 Å². The molecule has 0 radical (unpaired) electrons. The molecule has 0 aliphatic carbocycles. The maximum Gasteiger partial charge on any atom is 0.122 e. The van der Waals surface area contributed by atoms with Gasteiger partial charge in [-0.15, -0.1) is 0 Å². The Bertz CT molecular complexity index is 354. The van der Waals surface area contributed by atoms with Gasteiger partial charge >= 0.3 is 0 Å². The van der Waals surface area contributed by atoms with Gasteiger partial charge in [0.15, 0.2) is 0 Å². The van der Waals surface area contributed by atoms with E-state index in [4.69, 9.17) is 9.47 Å². The van der Waals surface area contributed by atoms with Crippen molar-refractivity contribution in [1.82, 2.24) is 5.32 Å². The van der Waals surface area contributed by atoms with Crippen molar-refractivity contribution in [2.45, 2.75) is 25.4 Å². The molecule has 3 heteroatoms. The summed E-state index contributed by atoms with van der Waals surface area (Å²) < 4.78 is 10.9. The summed E-state index contributed by atoms with van der Waals surface area (Å²) in [5.74, 6) is 1.61. The third kappa shape index (κ3) is 3.20. The summed E-state index contributed by atoms with van der Waals surface area (Å²) >= 11 is 0. The van der Waals surface area contributed by atoms with E-state index in [-0.39, 0.29) is 6.10 Å². The molecule has 2 atom stereocenters. The second-order valence-electron chi connectivity index (χ2n) is 4.58. The van der Waals surface area contributed by atoms with Crippen LogP contribution >= 0.6 is 0 Å². The number of fused-ring (bicyclic) bond motifs is 1. The Balaban J connectivity index is 1.90. The Morgan fingerprint density at radius 2 is 2.29 bits per heavy atom. The van der Waals surface area contributed by atoms with Gasteiger partial charge in [-0.05, 0) is 25.0 Å². The molecule has 0 spiro atoms. The summed E-state index contributed by atoms with van der Waals surface area (Å²) in [5.41, 5.74) is 1.33. The zero-order valence-corrected chi connectivity index (χ0v) is 10.6. The van der Waals surface area contributed by atoms with E-state index in [1.165, 1.54) is 5.56 Å². The highest BCUT2D eigenvalue weighted by Crippen LogP contribution is 2.32. The fourth-order valence-electron chi connectivity index (χ4n) is 2.17. The molecule has 0 bridgehead atoms. The van der Waals surface area contributed by atoms with Crippen LogP contribution in [0.5, 0.6) is 5.75 Å². The third-order valence-electron chi connectivity index (χ3n) is 3.31. The fraction of sp³-hybridized carbons (Fsp3) is 0.571. The average Bonchev–Trinajstić information content (AvgIpc) is 2.39. The van der Waals surface area contributed by atoms with Crippen LogP contribution < -0.4 is 10.1 Å². The molecule has 1 N–H and O–H groups in total. The fourth-order valence-corrected chi connectivity index (χ4v) is 2.17.